The largest absolute Gasteiger partial charge is 0.497 e. The standard InChI is InChI=1S/C21H20N4O4S/c1-29-16-9-7-14(8-10-16)11-17-19(27)25(12-15-5-3-2-4-6-15)21(23-17)30-13-18(26)24-20(22)28/h2-11H,12-13H2,1H3,(H3,22,24,26,28)/b17-11-. The van der Waals surface area contributed by atoms with Crippen LogP contribution in [0.3, 0.4) is 0 Å². The molecule has 0 bridgehead atoms. The van der Waals surface area contributed by atoms with Crippen LogP contribution in [0.1, 0.15) is 11.1 Å². The number of hydrogen-bond donors (Lipinski definition) is 2. The van der Waals surface area contributed by atoms with E-state index in [0.29, 0.717) is 17.5 Å². The minimum atomic E-state index is -0.925. The van der Waals surface area contributed by atoms with Crippen LogP contribution < -0.4 is 15.8 Å². The molecule has 0 aliphatic carbocycles. The van der Waals surface area contributed by atoms with Crippen LogP contribution in [-0.2, 0) is 16.1 Å². The van der Waals surface area contributed by atoms with Gasteiger partial charge in [0.15, 0.2) is 5.17 Å². The van der Waals surface area contributed by atoms with Gasteiger partial charge in [-0.05, 0) is 29.3 Å². The number of nitrogens with zero attached hydrogens (tertiary/aromatic N) is 2. The zero-order valence-corrected chi connectivity index (χ0v) is 17.0. The second-order valence-corrected chi connectivity index (χ2v) is 7.22. The van der Waals surface area contributed by atoms with Crippen LogP contribution in [-0.4, -0.2) is 40.8 Å². The summed E-state index contributed by atoms with van der Waals surface area (Å²) in [5.41, 5.74) is 6.94. The minimum absolute atomic E-state index is 0.101. The van der Waals surface area contributed by atoms with Crippen molar-refractivity contribution in [3.63, 3.8) is 0 Å². The average molecular weight is 424 g/mol. The molecule has 3 N–H and O–H groups in total. The molecule has 9 heteroatoms. The minimum Gasteiger partial charge on any atom is -0.497 e. The highest BCUT2D eigenvalue weighted by Gasteiger charge is 2.31. The molecule has 0 aromatic heterocycles. The maximum absolute atomic E-state index is 13.0. The molecule has 1 aliphatic rings. The zero-order valence-electron chi connectivity index (χ0n) is 16.2. The van der Waals surface area contributed by atoms with Crippen LogP contribution in [0.25, 0.3) is 6.08 Å². The summed E-state index contributed by atoms with van der Waals surface area (Å²) in [6.07, 6.45) is 1.68. The number of amidine groups is 1. The lowest BCUT2D eigenvalue weighted by atomic mass is 10.1. The van der Waals surface area contributed by atoms with Gasteiger partial charge in [-0.1, -0.05) is 54.2 Å². The third-order valence-corrected chi connectivity index (χ3v) is 5.09. The topological polar surface area (TPSA) is 114 Å². The van der Waals surface area contributed by atoms with Crippen molar-refractivity contribution in [2.45, 2.75) is 6.54 Å². The lowest BCUT2D eigenvalue weighted by molar-refractivity contribution is -0.123. The predicted octanol–water partition coefficient (Wildman–Crippen LogP) is 2.36. The fourth-order valence-electron chi connectivity index (χ4n) is 2.71. The summed E-state index contributed by atoms with van der Waals surface area (Å²) < 4.78 is 5.15. The van der Waals surface area contributed by atoms with Gasteiger partial charge in [-0.2, -0.15) is 0 Å². The number of nitrogens with one attached hydrogen (secondary N) is 1. The Morgan fingerprint density at radius 1 is 1.17 bits per heavy atom. The number of carbonyl (C=O) groups excluding carboxylic acids is 3. The lowest BCUT2D eigenvalue weighted by Gasteiger charge is -2.17. The molecular weight excluding hydrogens is 404 g/mol. The van der Waals surface area contributed by atoms with E-state index >= 15 is 0 Å². The summed E-state index contributed by atoms with van der Waals surface area (Å²) in [5.74, 6) is -0.223. The highest BCUT2D eigenvalue weighted by atomic mass is 32.2. The number of amides is 4. The Bertz CT molecular complexity index is 1000. The molecule has 154 valence electrons. The van der Waals surface area contributed by atoms with E-state index in [0.717, 1.165) is 22.9 Å². The van der Waals surface area contributed by atoms with E-state index in [1.807, 2.05) is 47.8 Å². The number of thioether (sulfide) groups is 1. The van der Waals surface area contributed by atoms with Crippen LogP contribution in [0.4, 0.5) is 4.79 Å². The van der Waals surface area contributed by atoms with Crippen molar-refractivity contribution in [1.82, 2.24) is 10.2 Å². The summed E-state index contributed by atoms with van der Waals surface area (Å²) in [5, 5.41) is 2.38. The molecule has 0 radical (unpaired) electrons. The van der Waals surface area contributed by atoms with Gasteiger partial charge in [-0.15, -0.1) is 0 Å². The van der Waals surface area contributed by atoms with Crippen molar-refractivity contribution < 1.29 is 19.1 Å². The van der Waals surface area contributed by atoms with Crippen molar-refractivity contribution in [3.8, 4) is 5.75 Å². The lowest BCUT2D eigenvalue weighted by Crippen LogP contribution is -2.37. The smallest absolute Gasteiger partial charge is 0.318 e. The van der Waals surface area contributed by atoms with Gasteiger partial charge in [0.05, 0.1) is 19.4 Å². The molecule has 0 unspecified atom stereocenters. The predicted molar refractivity (Wildman–Crippen MR) is 116 cm³/mol. The quantitative estimate of drug-likeness (QED) is 0.691. The molecule has 2 aromatic carbocycles. The van der Waals surface area contributed by atoms with Crippen molar-refractivity contribution in [3.05, 3.63) is 71.4 Å². The number of rotatable bonds is 6. The van der Waals surface area contributed by atoms with Crippen LogP contribution in [0, 0.1) is 0 Å². The first-order chi connectivity index (χ1) is 14.5. The SMILES string of the molecule is COc1ccc(/C=C2\N=C(SCC(=O)NC(N)=O)N(Cc3ccccc3)C2=O)cc1. The number of urea groups is 1. The monoisotopic (exact) mass is 424 g/mol. The van der Waals surface area contributed by atoms with Crippen LogP contribution in [0.5, 0.6) is 5.75 Å². The Hall–Kier alpha value is -3.59. The Labute approximate surface area is 177 Å². The summed E-state index contributed by atoms with van der Waals surface area (Å²) >= 11 is 1.06. The van der Waals surface area contributed by atoms with Crippen molar-refractivity contribution in [1.29, 1.82) is 0 Å². The molecule has 4 amide bonds. The number of methoxy groups -OCH3 is 1. The van der Waals surface area contributed by atoms with Crippen molar-refractivity contribution >= 4 is 40.9 Å². The summed E-state index contributed by atoms with van der Waals surface area (Å²) in [7, 11) is 1.58. The molecule has 8 nitrogen and oxygen atoms in total. The summed E-state index contributed by atoms with van der Waals surface area (Å²) in [4.78, 5) is 41.5. The van der Waals surface area contributed by atoms with E-state index in [1.165, 1.54) is 4.90 Å². The number of imide groups is 1. The molecule has 3 rings (SSSR count). The number of hydrogen-bond acceptors (Lipinski definition) is 6. The van der Waals surface area contributed by atoms with E-state index in [4.69, 9.17) is 10.5 Å². The third kappa shape index (κ3) is 5.48. The first-order valence-corrected chi connectivity index (χ1v) is 9.97. The highest BCUT2D eigenvalue weighted by molar-refractivity contribution is 8.14. The van der Waals surface area contributed by atoms with Crippen LogP contribution in [0.15, 0.2) is 65.3 Å². The fourth-order valence-corrected chi connectivity index (χ4v) is 3.51. The number of carbonyl (C=O) groups is 3. The molecule has 0 atom stereocenters. The van der Waals surface area contributed by atoms with E-state index in [2.05, 4.69) is 4.99 Å². The highest BCUT2D eigenvalue weighted by Crippen LogP contribution is 2.26. The van der Waals surface area contributed by atoms with E-state index in [1.54, 1.807) is 25.3 Å². The van der Waals surface area contributed by atoms with Crippen molar-refractivity contribution in [2.24, 2.45) is 10.7 Å². The second-order valence-electron chi connectivity index (χ2n) is 6.28. The van der Waals surface area contributed by atoms with Gasteiger partial charge in [0.1, 0.15) is 11.4 Å². The number of benzene rings is 2. The molecule has 1 aliphatic heterocycles. The number of nitrogens with two attached hydrogens (primary N) is 1. The maximum atomic E-state index is 13.0. The molecule has 30 heavy (non-hydrogen) atoms. The molecular formula is C21H20N4O4S. The second kappa shape index (κ2) is 9.75. The first-order valence-electron chi connectivity index (χ1n) is 8.98. The molecule has 0 saturated heterocycles. The molecule has 0 fully saturated rings. The van der Waals surface area contributed by atoms with Crippen LogP contribution >= 0.6 is 11.8 Å². The van der Waals surface area contributed by atoms with Gasteiger partial charge in [0, 0.05) is 0 Å². The Balaban J connectivity index is 1.83. The molecule has 1 heterocycles. The molecule has 2 aromatic rings. The van der Waals surface area contributed by atoms with Gasteiger partial charge >= 0.3 is 6.03 Å². The van der Waals surface area contributed by atoms with Gasteiger partial charge in [0.25, 0.3) is 5.91 Å². The Morgan fingerprint density at radius 2 is 1.87 bits per heavy atom. The van der Waals surface area contributed by atoms with Crippen LogP contribution in [0.2, 0.25) is 0 Å². The Kier molecular flexibility index (Phi) is 6.87. The third-order valence-electron chi connectivity index (χ3n) is 4.11. The number of primary amides is 1. The maximum Gasteiger partial charge on any atom is 0.318 e. The summed E-state index contributed by atoms with van der Waals surface area (Å²) in [6.45, 7) is 0.308. The fraction of sp³-hybridized carbons (Fsp3) is 0.143. The average Bonchev–Trinajstić information content (AvgIpc) is 3.02. The summed E-state index contributed by atoms with van der Waals surface area (Å²) in [6, 6.07) is 15.8. The Morgan fingerprint density at radius 3 is 2.50 bits per heavy atom. The number of aliphatic imine (C=N–C) groups is 1. The normalized spacial score (nSPS) is 14.6. The number of ether oxygens (including phenoxy) is 1. The molecule has 0 spiro atoms. The van der Waals surface area contributed by atoms with Gasteiger partial charge in [-0.3, -0.25) is 19.8 Å². The first kappa shape index (κ1) is 21.1. The van der Waals surface area contributed by atoms with Gasteiger partial charge in [-0.25, -0.2) is 9.79 Å². The van der Waals surface area contributed by atoms with E-state index in [-0.39, 0.29) is 17.4 Å². The van der Waals surface area contributed by atoms with Gasteiger partial charge < -0.3 is 10.5 Å². The zero-order chi connectivity index (χ0) is 21.5. The van der Waals surface area contributed by atoms with Gasteiger partial charge in [0.2, 0.25) is 5.91 Å². The van der Waals surface area contributed by atoms with Crippen molar-refractivity contribution in [2.75, 3.05) is 12.9 Å². The van der Waals surface area contributed by atoms with E-state index < -0.39 is 11.9 Å². The van der Waals surface area contributed by atoms with E-state index in [9.17, 15) is 14.4 Å². The molecule has 0 saturated carbocycles.